The zero-order chi connectivity index (χ0) is 39.4. The lowest BCUT2D eigenvalue weighted by Gasteiger charge is -2.34. The van der Waals surface area contributed by atoms with E-state index in [1.807, 2.05) is 20.8 Å². The first-order valence-corrected chi connectivity index (χ1v) is 19.1. The Labute approximate surface area is 315 Å². The molecule has 0 aliphatic heterocycles. The summed E-state index contributed by atoms with van der Waals surface area (Å²) in [5.41, 5.74) is 7.44. The van der Waals surface area contributed by atoms with E-state index in [4.69, 9.17) is 10.5 Å². The van der Waals surface area contributed by atoms with Crippen molar-refractivity contribution in [1.29, 1.82) is 0 Å². The van der Waals surface area contributed by atoms with Gasteiger partial charge in [-0.2, -0.15) is 22.6 Å². The topological polar surface area (TPSA) is 160 Å². The molecule has 3 heterocycles. The second-order valence-electron chi connectivity index (χ2n) is 13.7. The predicted octanol–water partition coefficient (Wildman–Crippen LogP) is 6.31. The van der Waals surface area contributed by atoms with Crippen LogP contribution in [0.25, 0.3) is 5.65 Å². The summed E-state index contributed by atoms with van der Waals surface area (Å²) in [6, 6.07) is 16.0. The van der Waals surface area contributed by atoms with Gasteiger partial charge in [0.2, 0.25) is 10.0 Å². The number of imide groups is 1. The highest BCUT2D eigenvalue weighted by Gasteiger charge is 2.52. The Kier molecular flexibility index (Phi) is 12.3. The molecular weight excluding hydrogens is 746 g/mol. The Morgan fingerprint density at radius 3 is 2.09 bits per heavy atom. The molecular formula is C37H41F3N6O6S2. The summed E-state index contributed by atoms with van der Waals surface area (Å²) in [5, 5.41) is 14.7. The van der Waals surface area contributed by atoms with Crippen LogP contribution in [0, 0.1) is 5.41 Å². The minimum absolute atomic E-state index is 0.0327. The Hall–Kier alpha value is -4.68. The molecule has 0 spiro atoms. The van der Waals surface area contributed by atoms with Crippen LogP contribution in [0.15, 0.2) is 102 Å². The van der Waals surface area contributed by atoms with Crippen molar-refractivity contribution in [3.05, 3.63) is 118 Å². The van der Waals surface area contributed by atoms with Gasteiger partial charge in [0.05, 0.1) is 30.7 Å². The van der Waals surface area contributed by atoms with Crippen LogP contribution >= 0.6 is 11.3 Å². The zero-order valence-corrected chi connectivity index (χ0v) is 31.6. The summed E-state index contributed by atoms with van der Waals surface area (Å²) in [6.45, 7) is 4.79. The quantitative estimate of drug-likeness (QED) is 0.139. The maximum Gasteiger partial charge on any atom is 0.417 e. The number of methoxy groups -OCH3 is 1. The molecule has 3 atom stereocenters. The molecule has 0 saturated heterocycles. The number of carbonyl (C=O) groups is 2. The van der Waals surface area contributed by atoms with Crippen molar-refractivity contribution in [1.82, 2.24) is 23.8 Å². The van der Waals surface area contributed by atoms with E-state index in [1.165, 1.54) is 35.2 Å². The lowest BCUT2D eigenvalue weighted by atomic mass is 9.84. The molecule has 0 aliphatic rings. The lowest BCUT2D eigenvalue weighted by molar-refractivity contribution is -0.186. The summed E-state index contributed by atoms with van der Waals surface area (Å²) >= 11 is 0.509. The summed E-state index contributed by atoms with van der Waals surface area (Å²) < 4.78 is 81.3. The summed E-state index contributed by atoms with van der Waals surface area (Å²) in [5.74, 6) is -2.30. The molecule has 2 amide bonds. The summed E-state index contributed by atoms with van der Waals surface area (Å²) in [4.78, 5) is 30.8. The van der Waals surface area contributed by atoms with Gasteiger partial charge in [-0.25, -0.2) is 27.6 Å². The molecule has 5 rings (SSSR count). The normalized spacial score (nSPS) is 14.3. The first kappa shape index (κ1) is 40.5. The molecule has 12 nitrogen and oxygen atoms in total. The van der Waals surface area contributed by atoms with Crippen LogP contribution < -0.4 is 5.73 Å². The third-order valence-corrected chi connectivity index (χ3v) is 12.0. The van der Waals surface area contributed by atoms with E-state index >= 15 is 13.2 Å². The second kappa shape index (κ2) is 16.4. The number of aliphatic hydroxyl groups excluding tert-OH is 1. The van der Waals surface area contributed by atoms with Gasteiger partial charge in [0.15, 0.2) is 11.7 Å². The van der Waals surface area contributed by atoms with Crippen molar-refractivity contribution in [2.24, 2.45) is 11.1 Å². The molecule has 0 unspecified atom stereocenters. The standard InChI is InChI=1S/C37H41F3N6O6S2/c1-36(2,3)18-20-45(54(50,51)26-17-19-44-30(21-26)42-23-43-44)27(22-47)28-15-16-29(53-28)33(37(38,39)40)46(35(49)52-4)34(48)32(41)31(24-11-7-5-8-12-24)25-13-9-6-10-14-25/h5-17,19,21,23,27,31-33,47H,18,20,22,41H2,1-4H3/t27-,32+,33-/m1/s1. The van der Waals surface area contributed by atoms with Gasteiger partial charge in [0.1, 0.15) is 6.33 Å². The van der Waals surface area contributed by atoms with Crippen LogP contribution in [0.2, 0.25) is 0 Å². The summed E-state index contributed by atoms with van der Waals surface area (Å²) in [6.07, 6.45) is -3.84. The SMILES string of the molecule is COC(=O)N(C(=O)[C@@H](N)C(c1ccccc1)c1ccccc1)[C@H](c1ccc([C@@H](CO)N(CCC(C)(C)C)S(=O)(=O)c2ccn3ncnc3c2)s1)C(F)(F)F. The number of halogens is 3. The van der Waals surface area contributed by atoms with E-state index in [-0.39, 0.29) is 32.3 Å². The average Bonchev–Trinajstić information content (AvgIpc) is 3.81. The maximum atomic E-state index is 15.2. The average molecular weight is 787 g/mol. The van der Waals surface area contributed by atoms with Gasteiger partial charge < -0.3 is 15.6 Å². The number of benzene rings is 2. The number of fused-ring (bicyclic) bond motifs is 1. The van der Waals surface area contributed by atoms with Crippen LogP contribution in [0.5, 0.6) is 0 Å². The number of aromatic nitrogens is 3. The lowest BCUT2D eigenvalue weighted by Crippen LogP contribution is -2.53. The largest absolute Gasteiger partial charge is 0.452 e. The third-order valence-electron chi connectivity index (χ3n) is 8.85. The van der Waals surface area contributed by atoms with Gasteiger partial charge in [0, 0.05) is 34.5 Å². The number of thiophene rings is 1. The summed E-state index contributed by atoms with van der Waals surface area (Å²) in [7, 11) is -3.54. The molecule has 5 aromatic rings. The van der Waals surface area contributed by atoms with Gasteiger partial charge in [-0.15, -0.1) is 11.3 Å². The van der Waals surface area contributed by atoms with Crippen LogP contribution in [0.1, 0.15) is 66.1 Å². The maximum absolute atomic E-state index is 15.2. The monoisotopic (exact) mass is 786 g/mol. The van der Waals surface area contributed by atoms with Gasteiger partial charge in [0.25, 0.3) is 5.91 Å². The number of hydrogen-bond donors (Lipinski definition) is 2. The number of ether oxygens (including phenoxy) is 1. The van der Waals surface area contributed by atoms with Gasteiger partial charge in [-0.05, 0) is 41.2 Å². The smallest absolute Gasteiger partial charge is 0.417 e. The molecule has 54 heavy (non-hydrogen) atoms. The van der Waals surface area contributed by atoms with E-state index in [2.05, 4.69) is 10.1 Å². The van der Waals surface area contributed by atoms with E-state index in [1.54, 1.807) is 60.7 Å². The fraction of sp³-hybridized carbons (Fsp3) is 0.351. The fourth-order valence-corrected chi connectivity index (χ4v) is 8.99. The Morgan fingerprint density at radius 2 is 1.56 bits per heavy atom. The molecule has 0 bridgehead atoms. The van der Waals surface area contributed by atoms with E-state index in [0.29, 0.717) is 28.9 Å². The Bertz CT molecular complexity index is 2120. The molecule has 17 heteroatoms. The highest BCUT2D eigenvalue weighted by Crippen LogP contribution is 2.44. The van der Waals surface area contributed by atoms with Crippen molar-refractivity contribution >= 4 is 39.0 Å². The van der Waals surface area contributed by atoms with Gasteiger partial charge >= 0.3 is 12.3 Å². The van der Waals surface area contributed by atoms with Crippen molar-refractivity contribution in [3.8, 4) is 0 Å². The number of hydrogen-bond acceptors (Lipinski definition) is 10. The molecule has 2 aromatic carbocycles. The van der Waals surface area contributed by atoms with Crippen molar-refractivity contribution < 1.29 is 41.0 Å². The highest BCUT2D eigenvalue weighted by atomic mass is 32.2. The van der Waals surface area contributed by atoms with E-state index in [9.17, 15) is 23.1 Å². The number of sulfonamides is 1. The number of pyridine rings is 1. The van der Waals surface area contributed by atoms with Crippen LogP contribution in [-0.2, 0) is 19.6 Å². The van der Waals surface area contributed by atoms with Crippen LogP contribution in [-0.4, -0.2) is 81.8 Å². The minimum atomic E-state index is -5.24. The number of aliphatic hydroxyl groups is 1. The predicted molar refractivity (Wildman–Crippen MR) is 196 cm³/mol. The number of nitrogens with zero attached hydrogens (tertiary/aromatic N) is 5. The molecule has 0 fully saturated rings. The molecule has 288 valence electrons. The number of alkyl halides is 3. The number of rotatable bonds is 13. The first-order chi connectivity index (χ1) is 25.5. The first-order valence-electron chi connectivity index (χ1n) is 16.8. The molecule has 0 saturated carbocycles. The zero-order valence-electron chi connectivity index (χ0n) is 29.9. The molecule has 0 radical (unpaired) electrons. The van der Waals surface area contributed by atoms with Crippen molar-refractivity contribution in [3.63, 3.8) is 0 Å². The Balaban J connectivity index is 1.57. The van der Waals surface area contributed by atoms with Gasteiger partial charge in [-0.1, -0.05) is 81.4 Å². The molecule has 3 aromatic heterocycles. The highest BCUT2D eigenvalue weighted by molar-refractivity contribution is 7.89. The number of amides is 2. The number of carbonyl (C=O) groups excluding carboxylic acids is 2. The molecule has 0 aliphatic carbocycles. The van der Waals surface area contributed by atoms with Crippen LogP contribution in [0.4, 0.5) is 18.0 Å². The fourth-order valence-electron chi connectivity index (χ4n) is 6.09. The van der Waals surface area contributed by atoms with Crippen LogP contribution in [0.3, 0.4) is 0 Å². The molecule has 3 N–H and O–H groups in total. The van der Waals surface area contributed by atoms with E-state index < -0.39 is 63.7 Å². The Morgan fingerprint density at radius 1 is 0.963 bits per heavy atom. The van der Waals surface area contributed by atoms with E-state index in [0.717, 1.165) is 17.5 Å². The minimum Gasteiger partial charge on any atom is -0.452 e. The third kappa shape index (κ3) is 8.81. The van der Waals surface area contributed by atoms with Gasteiger partial charge in [-0.3, -0.25) is 4.79 Å². The van der Waals surface area contributed by atoms with Crippen molar-refractivity contribution in [2.75, 3.05) is 20.3 Å². The number of nitrogens with two attached hydrogens (primary N) is 1. The van der Waals surface area contributed by atoms with Crippen molar-refractivity contribution in [2.45, 2.75) is 62.3 Å². The second-order valence-corrected chi connectivity index (χ2v) is 16.8.